The Balaban J connectivity index is 1.82. The summed E-state index contributed by atoms with van der Waals surface area (Å²) < 4.78 is 40.8. The van der Waals surface area contributed by atoms with E-state index in [1.165, 1.54) is 6.07 Å². The molecule has 0 bridgehead atoms. The van der Waals surface area contributed by atoms with Gasteiger partial charge in [0.25, 0.3) is 0 Å². The van der Waals surface area contributed by atoms with Crippen LogP contribution in [0, 0.1) is 0 Å². The highest BCUT2D eigenvalue weighted by Gasteiger charge is 2.35. The van der Waals surface area contributed by atoms with E-state index in [1.54, 1.807) is 43.3 Å². The fourth-order valence-corrected chi connectivity index (χ4v) is 3.45. The number of nitrogens with zero attached hydrogens (tertiary/aromatic N) is 2. The summed E-state index contributed by atoms with van der Waals surface area (Å²) in [5.41, 5.74) is 6.46. The molecule has 3 N–H and O–H groups in total. The molecule has 2 aromatic carbocycles. The van der Waals surface area contributed by atoms with Crippen LogP contribution in [0.15, 0.2) is 48.5 Å². The minimum atomic E-state index is -4.63. The van der Waals surface area contributed by atoms with E-state index in [4.69, 9.17) is 28.9 Å². The van der Waals surface area contributed by atoms with Gasteiger partial charge in [-0.05, 0) is 48.4 Å². The van der Waals surface area contributed by atoms with Gasteiger partial charge in [0, 0.05) is 16.6 Å². The van der Waals surface area contributed by atoms with Crippen molar-refractivity contribution in [1.29, 1.82) is 0 Å². The Morgan fingerprint density at radius 3 is 2.55 bits per heavy atom. The minimum Gasteiger partial charge on any atom is -0.350 e. The molecule has 0 fully saturated rings. The molecule has 0 spiro atoms. The average molecular weight is 471 g/mol. The van der Waals surface area contributed by atoms with Gasteiger partial charge in [0.2, 0.25) is 5.91 Å². The van der Waals surface area contributed by atoms with Gasteiger partial charge in [-0.1, -0.05) is 41.4 Å². The molecule has 31 heavy (non-hydrogen) atoms. The van der Waals surface area contributed by atoms with Crippen LogP contribution in [0.5, 0.6) is 0 Å². The molecule has 1 aromatic heterocycles. The first-order chi connectivity index (χ1) is 14.6. The van der Waals surface area contributed by atoms with E-state index in [9.17, 15) is 18.0 Å². The molecule has 1 heterocycles. The van der Waals surface area contributed by atoms with E-state index >= 15 is 0 Å². The van der Waals surface area contributed by atoms with E-state index in [1.807, 2.05) is 0 Å². The molecular formula is C21H19Cl2F3N4O. The van der Waals surface area contributed by atoms with E-state index < -0.39 is 17.8 Å². The number of halogens is 5. The Labute approximate surface area is 186 Å². The third-order valence-corrected chi connectivity index (χ3v) is 5.35. The number of nitrogens with one attached hydrogen (secondary N) is 1. The number of carbonyl (C=O) groups excluding carboxylic acids is 1. The summed E-state index contributed by atoms with van der Waals surface area (Å²) in [7, 11) is 0. The number of aromatic nitrogens is 2. The molecule has 164 valence electrons. The van der Waals surface area contributed by atoms with Gasteiger partial charge < -0.3 is 11.1 Å². The van der Waals surface area contributed by atoms with Crippen molar-refractivity contribution in [2.45, 2.75) is 32.1 Å². The summed E-state index contributed by atoms with van der Waals surface area (Å²) in [6.07, 6.45) is -4.63. The fourth-order valence-electron chi connectivity index (χ4n) is 3.00. The quantitative estimate of drug-likeness (QED) is 0.527. The van der Waals surface area contributed by atoms with Crippen LogP contribution in [0.25, 0.3) is 5.69 Å². The van der Waals surface area contributed by atoms with Crippen LogP contribution in [0.4, 0.5) is 13.2 Å². The van der Waals surface area contributed by atoms with E-state index in [0.717, 1.165) is 16.3 Å². The zero-order valence-corrected chi connectivity index (χ0v) is 17.9. The Morgan fingerprint density at radius 1 is 1.19 bits per heavy atom. The standard InChI is InChI=1S/C21H19Cl2F3N4O/c1-12(13-5-6-14(10-27)18(23)7-13)20(31)28-11-17-9-19(21(24,25)26)29-30(17)16-4-2-3-15(22)8-16/h2-9,12H,10-11,27H2,1H3,(H,28,31). The number of hydrogen-bond acceptors (Lipinski definition) is 3. The predicted molar refractivity (Wildman–Crippen MR) is 113 cm³/mol. The minimum absolute atomic E-state index is 0.159. The van der Waals surface area contributed by atoms with E-state index in [-0.39, 0.29) is 24.7 Å². The number of amides is 1. The van der Waals surface area contributed by atoms with Crippen molar-refractivity contribution in [2.75, 3.05) is 0 Å². The van der Waals surface area contributed by atoms with Crippen LogP contribution in [-0.4, -0.2) is 15.7 Å². The largest absolute Gasteiger partial charge is 0.435 e. The molecule has 0 aliphatic heterocycles. The topological polar surface area (TPSA) is 72.9 Å². The summed E-state index contributed by atoms with van der Waals surface area (Å²) in [4.78, 5) is 12.6. The van der Waals surface area contributed by atoms with Crippen LogP contribution >= 0.6 is 23.2 Å². The fraction of sp³-hybridized carbons (Fsp3) is 0.238. The number of hydrogen-bond donors (Lipinski definition) is 2. The molecule has 1 unspecified atom stereocenters. The van der Waals surface area contributed by atoms with Gasteiger partial charge in [0.05, 0.1) is 23.8 Å². The highest BCUT2D eigenvalue weighted by molar-refractivity contribution is 6.31. The predicted octanol–water partition coefficient (Wildman–Crippen LogP) is 5.08. The molecule has 1 amide bonds. The highest BCUT2D eigenvalue weighted by Crippen LogP contribution is 2.30. The third-order valence-electron chi connectivity index (χ3n) is 4.76. The van der Waals surface area contributed by atoms with Crippen molar-refractivity contribution < 1.29 is 18.0 Å². The molecule has 3 aromatic rings. The monoisotopic (exact) mass is 470 g/mol. The normalized spacial score (nSPS) is 12.6. The molecule has 5 nitrogen and oxygen atoms in total. The lowest BCUT2D eigenvalue weighted by atomic mass is 9.99. The maximum absolute atomic E-state index is 13.2. The second kappa shape index (κ2) is 9.30. The van der Waals surface area contributed by atoms with Crippen molar-refractivity contribution in [3.05, 3.63) is 81.1 Å². The van der Waals surface area contributed by atoms with Crippen LogP contribution in [0.2, 0.25) is 10.0 Å². The number of rotatable bonds is 6. The second-order valence-electron chi connectivity index (χ2n) is 6.90. The molecule has 0 aliphatic carbocycles. The Morgan fingerprint density at radius 2 is 1.94 bits per heavy atom. The molecule has 0 saturated heterocycles. The van der Waals surface area contributed by atoms with E-state index in [2.05, 4.69) is 10.4 Å². The van der Waals surface area contributed by atoms with Gasteiger partial charge in [-0.15, -0.1) is 0 Å². The van der Waals surface area contributed by atoms with E-state index in [0.29, 0.717) is 21.3 Å². The van der Waals surface area contributed by atoms with Crippen LogP contribution in [0.1, 0.15) is 35.4 Å². The van der Waals surface area contributed by atoms with Crippen molar-refractivity contribution in [3.63, 3.8) is 0 Å². The van der Waals surface area contributed by atoms with Crippen molar-refractivity contribution in [2.24, 2.45) is 5.73 Å². The zero-order valence-electron chi connectivity index (χ0n) is 16.4. The maximum Gasteiger partial charge on any atom is 0.435 e. The molecule has 0 radical (unpaired) electrons. The van der Waals surface area contributed by atoms with Gasteiger partial charge in [-0.2, -0.15) is 18.3 Å². The second-order valence-corrected chi connectivity index (χ2v) is 7.75. The van der Waals surface area contributed by atoms with Crippen molar-refractivity contribution in [1.82, 2.24) is 15.1 Å². The van der Waals surface area contributed by atoms with Gasteiger partial charge in [-0.3, -0.25) is 4.79 Å². The number of alkyl halides is 3. The summed E-state index contributed by atoms with van der Waals surface area (Å²) in [5.74, 6) is -0.946. The van der Waals surface area contributed by atoms with Gasteiger partial charge >= 0.3 is 6.18 Å². The van der Waals surface area contributed by atoms with Crippen LogP contribution in [0.3, 0.4) is 0 Å². The van der Waals surface area contributed by atoms with Crippen LogP contribution in [-0.2, 0) is 24.1 Å². The Bertz CT molecular complexity index is 1100. The highest BCUT2D eigenvalue weighted by atomic mass is 35.5. The Kier molecular flexibility index (Phi) is 6.93. The zero-order chi connectivity index (χ0) is 22.8. The van der Waals surface area contributed by atoms with Gasteiger partial charge in [0.1, 0.15) is 0 Å². The molecule has 0 aliphatic rings. The lowest BCUT2D eigenvalue weighted by molar-refractivity contribution is -0.141. The van der Waals surface area contributed by atoms with Crippen molar-refractivity contribution >= 4 is 29.1 Å². The Hall–Kier alpha value is -2.55. The number of carbonyl (C=O) groups is 1. The van der Waals surface area contributed by atoms with Gasteiger partial charge in [0.15, 0.2) is 5.69 Å². The number of benzene rings is 2. The maximum atomic E-state index is 13.2. The first kappa shape index (κ1) is 23.1. The average Bonchev–Trinajstić information content (AvgIpc) is 3.16. The molecule has 0 saturated carbocycles. The summed E-state index contributed by atoms with van der Waals surface area (Å²) in [5, 5.41) is 7.13. The molecule has 1 atom stereocenters. The number of nitrogens with two attached hydrogens (primary N) is 1. The molecule has 3 rings (SSSR count). The molecular weight excluding hydrogens is 452 g/mol. The van der Waals surface area contributed by atoms with Gasteiger partial charge in [-0.25, -0.2) is 4.68 Å². The first-order valence-corrected chi connectivity index (χ1v) is 10.0. The summed E-state index contributed by atoms with van der Waals surface area (Å²) in [6, 6.07) is 12.3. The summed E-state index contributed by atoms with van der Waals surface area (Å²) in [6.45, 7) is 1.79. The lowest BCUT2D eigenvalue weighted by Crippen LogP contribution is -2.28. The van der Waals surface area contributed by atoms with Crippen LogP contribution < -0.4 is 11.1 Å². The van der Waals surface area contributed by atoms with Crippen molar-refractivity contribution in [3.8, 4) is 5.69 Å². The SMILES string of the molecule is CC(C(=O)NCc1cc(C(F)(F)F)nn1-c1cccc(Cl)c1)c1ccc(CN)c(Cl)c1. The summed E-state index contributed by atoms with van der Waals surface area (Å²) >= 11 is 12.1. The lowest BCUT2D eigenvalue weighted by Gasteiger charge is -2.15. The molecule has 10 heteroatoms. The third kappa shape index (κ3) is 5.39. The first-order valence-electron chi connectivity index (χ1n) is 9.28. The smallest absolute Gasteiger partial charge is 0.350 e.